The molecule has 25 heavy (non-hydrogen) atoms. The van der Waals surface area contributed by atoms with Gasteiger partial charge in [0.1, 0.15) is 11.6 Å². The van der Waals surface area contributed by atoms with Gasteiger partial charge in [0.05, 0.1) is 17.0 Å². The number of aromatic amines is 1. The summed E-state index contributed by atoms with van der Waals surface area (Å²) in [5.74, 6) is 0.734. The molecule has 0 bridgehead atoms. The van der Waals surface area contributed by atoms with Gasteiger partial charge >= 0.3 is 0 Å². The van der Waals surface area contributed by atoms with Crippen molar-refractivity contribution in [3.8, 4) is 0 Å². The van der Waals surface area contributed by atoms with E-state index in [1.807, 2.05) is 24.8 Å². The summed E-state index contributed by atoms with van der Waals surface area (Å²) in [6, 6.07) is 2.61. The Labute approximate surface area is 144 Å². The molecule has 5 heteroatoms. The Kier molecular flexibility index (Phi) is 3.33. The van der Waals surface area contributed by atoms with Crippen LogP contribution in [0.25, 0.3) is 11.1 Å². The van der Waals surface area contributed by atoms with E-state index in [0.717, 1.165) is 28.7 Å². The number of rotatable bonds is 1. The second-order valence-electron chi connectivity index (χ2n) is 6.82. The van der Waals surface area contributed by atoms with Crippen molar-refractivity contribution in [2.45, 2.75) is 38.1 Å². The van der Waals surface area contributed by atoms with E-state index in [9.17, 15) is 4.39 Å². The van der Waals surface area contributed by atoms with Crippen LogP contribution in [-0.4, -0.2) is 20.7 Å². The van der Waals surface area contributed by atoms with Gasteiger partial charge < -0.3 is 9.55 Å². The zero-order valence-electron chi connectivity index (χ0n) is 13.9. The molecule has 126 valence electrons. The lowest BCUT2D eigenvalue weighted by Crippen LogP contribution is -2.38. The van der Waals surface area contributed by atoms with Crippen molar-refractivity contribution in [2.24, 2.45) is 4.99 Å². The molecular weight excluding hydrogens is 315 g/mol. The zero-order valence-corrected chi connectivity index (χ0v) is 13.9. The second kappa shape index (κ2) is 5.69. The topological polar surface area (TPSA) is 46.0 Å². The van der Waals surface area contributed by atoms with Crippen LogP contribution >= 0.6 is 0 Å². The smallest absolute Gasteiger partial charge is 0.137 e. The molecule has 2 aliphatic carbocycles. The fourth-order valence-corrected chi connectivity index (χ4v) is 3.81. The third-order valence-electron chi connectivity index (χ3n) is 5.38. The molecular formula is C20H19FN4. The van der Waals surface area contributed by atoms with Gasteiger partial charge in [-0.2, -0.15) is 0 Å². The molecule has 0 unspecified atom stereocenters. The minimum absolute atomic E-state index is 0.172. The number of hydrogen-bond acceptors (Lipinski definition) is 2. The molecule has 5 rings (SSSR count). The normalized spacial score (nSPS) is 24.1. The highest BCUT2D eigenvalue weighted by atomic mass is 19.1. The predicted molar refractivity (Wildman–Crippen MR) is 96.8 cm³/mol. The van der Waals surface area contributed by atoms with E-state index in [4.69, 9.17) is 4.98 Å². The van der Waals surface area contributed by atoms with E-state index in [-0.39, 0.29) is 5.83 Å². The van der Waals surface area contributed by atoms with Gasteiger partial charge in [-0.1, -0.05) is 6.08 Å². The Morgan fingerprint density at radius 1 is 1.20 bits per heavy atom. The minimum atomic E-state index is -0.172. The average Bonchev–Trinajstić information content (AvgIpc) is 3.21. The standard InChI is InChI=1S/C20H19FN4/c21-14-6-4-13(5-7-14)18-19(25(12-24-18)15-2-1-3-15)16-8-10-22-20-17(16)9-11-23-20/h4,6-7,9-12,15,23H,1-3,5,8H2. The predicted octanol–water partition coefficient (Wildman–Crippen LogP) is 3.21. The van der Waals surface area contributed by atoms with Gasteiger partial charge in [-0.05, 0) is 55.0 Å². The third kappa shape index (κ3) is 2.34. The molecule has 4 nitrogen and oxygen atoms in total. The number of aromatic nitrogens is 3. The van der Waals surface area contributed by atoms with E-state index in [1.54, 1.807) is 6.08 Å². The van der Waals surface area contributed by atoms with Crippen molar-refractivity contribution in [3.05, 3.63) is 58.9 Å². The molecule has 2 aromatic heterocycles. The number of halogens is 1. The Morgan fingerprint density at radius 2 is 2.12 bits per heavy atom. The van der Waals surface area contributed by atoms with E-state index >= 15 is 0 Å². The maximum Gasteiger partial charge on any atom is 0.137 e. The number of fused-ring (bicyclic) bond motifs is 1. The Balaban J connectivity index is 1.83. The van der Waals surface area contributed by atoms with Crippen LogP contribution < -0.4 is 10.7 Å². The molecule has 0 radical (unpaired) electrons. The second-order valence-corrected chi connectivity index (χ2v) is 6.82. The van der Waals surface area contributed by atoms with Gasteiger partial charge in [-0.25, -0.2) is 14.4 Å². The van der Waals surface area contributed by atoms with Gasteiger partial charge in [-0.15, -0.1) is 0 Å². The molecule has 1 fully saturated rings. The summed E-state index contributed by atoms with van der Waals surface area (Å²) in [5, 5.41) is 2.15. The molecule has 1 aliphatic heterocycles. The van der Waals surface area contributed by atoms with Gasteiger partial charge in [0.25, 0.3) is 0 Å². The number of H-pyrrole nitrogens is 1. The quantitative estimate of drug-likeness (QED) is 0.855. The summed E-state index contributed by atoms with van der Waals surface area (Å²) in [6.07, 6.45) is 15.9. The molecule has 0 amide bonds. The summed E-state index contributed by atoms with van der Waals surface area (Å²) in [7, 11) is 0. The summed E-state index contributed by atoms with van der Waals surface area (Å²) >= 11 is 0. The highest BCUT2D eigenvalue weighted by molar-refractivity contribution is 5.88. The van der Waals surface area contributed by atoms with Crippen LogP contribution in [0.2, 0.25) is 0 Å². The van der Waals surface area contributed by atoms with Gasteiger partial charge in [0.2, 0.25) is 0 Å². The van der Waals surface area contributed by atoms with Crippen LogP contribution in [0.5, 0.6) is 0 Å². The largest absolute Gasteiger partial charge is 0.346 e. The van der Waals surface area contributed by atoms with Gasteiger partial charge in [0, 0.05) is 30.4 Å². The Morgan fingerprint density at radius 3 is 2.88 bits per heavy atom. The van der Waals surface area contributed by atoms with Gasteiger partial charge in [0.15, 0.2) is 0 Å². The number of aliphatic imine (C=N–C) groups is 1. The number of imidazole rings is 1. The summed E-state index contributed by atoms with van der Waals surface area (Å²) in [5.41, 5.74) is 3.47. The first-order valence-corrected chi connectivity index (χ1v) is 8.84. The Hall–Kier alpha value is -2.69. The van der Waals surface area contributed by atoms with E-state index in [0.29, 0.717) is 12.5 Å². The van der Waals surface area contributed by atoms with Crippen molar-refractivity contribution in [1.82, 2.24) is 14.5 Å². The highest BCUT2D eigenvalue weighted by Crippen LogP contribution is 2.32. The van der Waals surface area contributed by atoms with Crippen molar-refractivity contribution >= 4 is 23.2 Å². The average molecular weight is 334 g/mol. The third-order valence-corrected chi connectivity index (χ3v) is 5.38. The first kappa shape index (κ1) is 14.6. The number of nitrogens with one attached hydrogen (secondary N) is 1. The first-order chi connectivity index (χ1) is 12.3. The van der Waals surface area contributed by atoms with E-state index in [2.05, 4.69) is 20.6 Å². The fourth-order valence-electron chi connectivity index (χ4n) is 3.81. The number of hydrogen-bond donors (Lipinski definition) is 1. The van der Waals surface area contributed by atoms with Crippen LogP contribution in [0, 0.1) is 0 Å². The SMILES string of the molecule is FC1=CCC(=c2ncn(C3CCC3)c2=C2CC=Nc3[nH]ccc32)C=C1. The summed E-state index contributed by atoms with van der Waals surface area (Å²) < 4.78 is 15.7. The molecule has 3 aliphatic rings. The molecule has 0 atom stereocenters. The van der Waals surface area contributed by atoms with Crippen molar-refractivity contribution in [1.29, 1.82) is 0 Å². The van der Waals surface area contributed by atoms with Crippen molar-refractivity contribution in [2.75, 3.05) is 0 Å². The monoisotopic (exact) mass is 334 g/mol. The molecule has 0 saturated heterocycles. The van der Waals surface area contributed by atoms with E-state index < -0.39 is 0 Å². The van der Waals surface area contributed by atoms with Crippen molar-refractivity contribution < 1.29 is 4.39 Å². The summed E-state index contributed by atoms with van der Waals surface area (Å²) in [6.45, 7) is 0. The molecule has 3 heterocycles. The van der Waals surface area contributed by atoms with Crippen LogP contribution in [0.15, 0.2) is 47.6 Å². The van der Waals surface area contributed by atoms with Crippen molar-refractivity contribution in [3.63, 3.8) is 0 Å². The fraction of sp³-hybridized carbons (Fsp3) is 0.300. The molecule has 1 saturated carbocycles. The molecule has 1 N–H and O–H groups in total. The molecule has 0 aromatic carbocycles. The zero-order chi connectivity index (χ0) is 16.8. The maximum atomic E-state index is 13.4. The van der Waals surface area contributed by atoms with Gasteiger partial charge in [-0.3, -0.25) is 0 Å². The van der Waals surface area contributed by atoms with Crippen LogP contribution in [-0.2, 0) is 0 Å². The number of nitrogens with zero attached hydrogens (tertiary/aromatic N) is 3. The van der Waals surface area contributed by atoms with Crippen LogP contribution in [0.1, 0.15) is 43.7 Å². The minimum Gasteiger partial charge on any atom is -0.346 e. The lowest BCUT2D eigenvalue weighted by Gasteiger charge is -2.27. The lowest BCUT2D eigenvalue weighted by atomic mass is 9.92. The lowest BCUT2D eigenvalue weighted by molar-refractivity contribution is 0.308. The molecule has 0 spiro atoms. The molecule has 2 aromatic rings. The Bertz CT molecular complexity index is 1040. The van der Waals surface area contributed by atoms with Crippen LogP contribution in [0.4, 0.5) is 10.2 Å². The van der Waals surface area contributed by atoms with E-state index in [1.165, 1.54) is 36.3 Å². The number of allylic oxidation sites excluding steroid dienone is 4. The van der Waals surface area contributed by atoms with Crippen LogP contribution in [0.3, 0.4) is 0 Å². The first-order valence-electron chi connectivity index (χ1n) is 8.84. The highest BCUT2D eigenvalue weighted by Gasteiger charge is 2.23. The maximum absolute atomic E-state index is 13.4. The summed E-state index contributed by atoms with van der Waals surface area (Å²) in [4.78, 5) is 12.4.